The molecule has 1 amide bonds. The largest absolute Gasteiger partial charge is 0.481 e. The van der Waals surface area contributed by atoms with Crippen LogP contribution in [0.4, 0.5) is 0 Å². The average molecular weight is 480 g/mol. The molecule has 12 nitrogen and oxygen atoms in total. The third-order valence-electron chi connectivity index (χ3n) is 3.98. The molecular weight excluding hydrogens is 442 g/mol. The summed E-state index contributed by atoms with van der Waals surface area (Å²) in [5.74, 6) is -2.51. The number of aliphatic carboxylic acids is 2. The van der Waals surface area contributed by atoms with E-state index in [1.54, 1.807) is 0 Å². The maximum Gasteiger partial charge on any atom is 0.305 e. The molecule has 0 spiro atoms. The lowest BCUT2D eigenvalue weighted by Gasteiger charge is -2.08. The lowest BCUT2D eigenvalue weighted by Crippen LogP contribution is -2.25. The minimum absolute atomic E-state index is 0.0214. The Morgan fingerprint density at radius 2 is 1.03 bits per heavy atom. The van der Waals surface area contributed by atoms with Crippen molar-refractivity contribution >= 4 is 23.8 Å². The van der Waals surface area contributed by atoms with E-state index in [0.717, 1.165) is 0 Å². The number of amides is 1. The van der Waals surface area contributed by atoms with Crippen molar-refractivity contribution in [3.05, 3.63) is 0 Å². The Kier molecular flexibility index (Phi) is 21.3. The highest BCUT2D eigenvalue weighted by Gasteiger charge is 2.05. The fourth-order valence-corrected chi connectivity index (χ4v) is 2.30. The molecule has 0 aliphatic heterocycles. The van der Waals surface area contributed by atoms with E-state index in [-0.39, 0.29) is 50.8 Å². The molecule has 0 saturated carbocycles. The molecule has 0 aromatic carbocycles. The first kappa shape index (κ1) is 30.7. The van der Waals surface area contributed by atoms with Crippen LogP contribution in [-0.2, 0) is 42.9 Å². The van der Waals surface area contributed by atoms with E-state index in [1.807, 2.05) is 0 Å². The predicted octanol–water partition coefficient (Wildman–Crippen LogP) is 0.612. The number of rotatable bonds is 24. The lowest BCUT2D eigenvalue weighted by molar-refractivity contribution is -0.146. The van der Waals surface area contributed by atoms with Gasteiger partial charge in [-0.15, -0.1) is 0 Å². The standard InChI is InChI=1S/C21H37NO11/c23-18(6-7-20(26)27)22-8-3-9-29-10-11-30-12-13-31-14-15-32-16-17-33-21(28)5-2-1-4-19(24)25/h1-17H2,(H,22,23)(H,24,25)(H,26,27). The number of esters is 1. The molecule has 0 fully saturated rings. The first-order chi connectivity index (χ1) is 15.9. The van der Waals surface area contributed by atoms with Gasteiger partial charge in [0.15, 0.2) is 0 Å². The fraction of sp³-hybridized carbons (Fsp3) is 0.810. The zero-order valence-electron chi connectivity index (χ0n) is 19.1. The summed E-state index contributed by atoms with van der Waals surface area (Å²) in [5, 5.41) is 19.6. The third kappa shape index (κ3) is 25.9. The predicted molar refractivity (Wildman–Crippen MR) is 115 cm³/mol. The van der Waals surface area contributed by atoms with E-state index in [1.165, 1.54) is 0 Å². The van der Waals surface area contributed by atoms with Crippen molar-refractivity contribution in [1.29, 1.82) is 0 Å². The third-order valence-corrected chi connectivity index (χ3v) is 3.98. The first-order valence-corrected chi connectivity index (χ1v) is 11.1. The summed E-state index contributed by atoms with van der Waals surface area (Å²) in [5.41, 5.74) is 0. The molecule has 0 heterocycles. The summed E-state index contributed by atoms with van der Waals surface area (Å²) in [6, 6.07) is 0. The number of carboxylic acid groups (broad SMARTS) is 2. The van der Waals surface area contributed by atoms with E-state index in [9.17, 15) is 19.2 Å². The Balaban J connectivity index is 3.19. The Hall–Kier alpha value is -2.28. The number of nitrogens with one attached hydrogen (secondary N) is 1. The minimum atomic E-state index is -0.993. The topological polar surface area (TPSA) is 167 Å². The van der Waals surface area contributed by atoms with Gasteiger partial charge in [0, 0.05) is 32.4 Å². The summed E-state index contributed by atoms with van der Waals surface area (Å²) in [6.07, 6.45) is 1.64. The summed E-state index contributed by atoms with van der Waals surface area (Å²) in [4.78, 5) is 43.4. The van der Waals surface area contributed by atoms with Crippen molar-refractivity contribution in [1.82, 2.24) is 5.32 Å². The molecule has 33 heavy (non-hydrogen) atoms. The fourth-order valence-electron chi connectivity index (χ4n) is 2.30. The molecule has 0 aliphatic rings. The molecule has 0 aliphatic carbocycles. The van der Waals surface area contributed by atoms with Gasteiger partial charge in [-0.2, -0.15) is 0 Å². The molecule has 0 saturated heterocycles. The van der Waals surface area contributed by atoms with Crippen molar-refractivity contribution in [2.75, 3.05) is 66.0 Å². The molecule has 192 valence electrons. The van der Waals surface area contributed by atoms with Gasteiger partial charge in [0.2, 0.25) is 5.91 Å². The molecule has 0 aromatic heterocycles. The Morgan fingerprint density at radius 1 is 0.545 bits per heavy atom. The normalized spacial score (nSPS) is 10.7. The van der Waals surface area contributed by atoms with E-state index in [0.29, 0.717) is 72.1 Å². The van der Waals surface area contributed by atoms with Crippen LogP contribution >= 0.6 is 0 Å². The number of hydrogen-bond acceptors (Lipinski definition) is 9. The van der Waals surface area contributed by atoms with Crippen LogP contribution < -0.4 is 5.32 Å². The summed E-state index contributed by atoms with van der Waals surface area (Å²) in [7, 11) is 0. The van der Waals surface area contributed by atoms with Gasteiger partial charge in [-0.25, -0.2) is 0 Å². The Bertz CT molecular complexity index is 542. The van der Waals surface area contributed by atoms with Crippen molar-refractivity contribution in [2.24, 2.45) is 0 Å². The van der Waals surface area contributed by atoms with Gasteiger partial charge in [-0.3, -0.25) is 19.2 Å². The van der Waals surface area contributed by atoms with Crippen LogP contribution in [0.3, 0.4) is 0 Å². The van der Waals surface area contributed by atoms with Crippen LogP contribution in [0.1, 0.15) is 44.9 Å². The zero-order valence-corrected chi connectivity index (χ0v) is 19.1. The lowest BCUT2D eigenvalue weighted by atomic mass is 10.2. The monoisotopic (exact) mass is 479 g/mol. The van der Waals surface area contributed by atoms with Gasteiger partial charge in [-0.05, 0) is 19.3 Å². The Morgan fingerprint density at radius 3 is 1.58 bits per heavy atom. The summed E-state index contributed by atoms with van der Waals surface area (Å²) < 4.78 is 26.3. The van der Waals surface area contributed by atoms with Crippen LogP contribution in [0.2, 0.25) is 0 Å². The smallest absolute Gasteiger partial charge is 0.305 e. The van der Waals surface area contributed by atoms with Gasteiger partial charge in [0.05, 0.1) is 52.7 Å². The second kappa shape index (κ2) is 22.9. The van der Waals surface area contributed by atoms with E-state index in [2.05, 4.69) is 5.32 Å². The zero-order chi connectivity index (χ0) is 24.6. The minimum Gasteiger partial charge on any atom is -0.481 e. The van der Waals surface area contributed by atoms with Crippen LogP contribution in [0, 0.1) is 0 Å². The van der Waals surface area contributed by atoms with Gasteiger partial charge < -0.3 is 39.2 Å². The molecule has 12 heteroatoms. The van der Waals surface area contributed by atoms with Gasteiger partial charge >= 0.3 is 17.9 Å². The molecular formula is C21H37NO11. The second-order valence-electron chi connectivity index (χ2n) is 6.87. The average Bonchev–Trinajstić information content (AvgIpc) is 2.77. The van der Waals surface area contributed by atoms with Crippen LogP contribution in [0.15, 0.2) is 0 Å². The Labute approximate surface area is 193 Å². The molecule has 0 atom stereocenters. The summed E-state index contributed by atoms with van der Waals surface area (Å²) in [6.45, 7) is 3.76. The molecule has 0 aromatic rings. The van der Waals surface area contributed by atoms with Crippen LogP contribution in [0.25, 0.3) is 0 Å². The highest BCUT2D eigenvalue weighted by Crippen LogP contribution is 2.01. The van der Waals surface area contributed by atoms with Crippen LogP contribution in [-0.4, -0.2) is 100 Å². The van der Waals surface area contributed by atoms with Crippen molar-refractivity contribution in [2.45, 2.75) is 44.9 Å². The highest BCUT2D eigenvalue weighted by molar-refractivity contribution is 5.80. The maximum absolute atomic E-state index is 11.4. The first-order valence-electron chi connectivity index (χ1n) is 11.1. The SMILES string of the molecule is O=C(O)CCCCC(=O)OCCOCCOCCOCCOCCCNC(=O)CCC(=O)O. The van der Waals surface area contributed by atoms with E-state index in [4.69, 9.17) is 33.9 Å². The molecule has 3 N–H and O–H groups in total. The summed E-state index contributed by atoms with van der Waals surface area (Å²) >= 11 is 0. The van der Waals surface area contributed by atoms with E-state index < -0.39 is 11.9 Å². The maximum atomic E-state index is 11.4. The van der Waals surface area contributed by atoms with Gasteiger partial charge in [-0.1, -0.05) is 0 Å². The van der Waals surface area contributed by atoms with Gasteiger partial charge in [0.25, 0.3) is 0 Å². The molecule has 0 rings (SSSR count). The quantitative estimate of drug-likeness (QED) is 0.131. The number of hydrogen-bond donors (Lipinski definition) is 3. The highest BCUT2D eigenvalue weighted by atomic mass is 16.6. The number of carboxylic acids is 2. The number of carbonyl (C=O) groups is 4. The van der Waals surface area contributed by atoms with Crippen molar-refractivity contribution in [3.63, 3.8) is 0 Å². The van der Waals surface area contributed by atoms with Gasteiger partial charge in [0.1, 0.15) is 6.61 Å². The van der Waals surface area contributed by atoms with Crippen molar-refractivity contribution < 1.29 is 53.1 Å². The number of unbranched alkanes of at least 4 members (excludes halogenated alkanes) is 1. The number of ether oxygens (including phenoxy) is 5. The van der Waals surface area contributed by atoms with E-state index >= 15 is 0 Å². The number of carbonyl (C=O) groups excluding carboxylic acids is 2. The molecule has 0 bridgehead atoms. The van der Waals surface area contributed by atoms with Crippen molar-refractivity contribution in [3.8, 4) is 0 Å². The molecule has 0 unspecified atom stereocenters. The second-order valence-corrected chi connectivity index (χ2v) is 6.87. The molecule has 0 radical (unpaired) electrons. The van der Waals surface area contributed by atoms with Crippen LogP contribution in [0.5, 0.6) is 0 Å².